The van der Waals surface area contributed by atoms with E-state index in [1.54, 1.807) is 6.92 Å². The molecule has 4 heteroatoms. The van der Waals surface area contributed by atoms with E-state index in [-0.39, 0.29) is 11.5 Å². The number of rotatable bonds is 6. The zero-order valence-corrected chi connectivity index (χ0v) is 13.9. The highest BCUT2D eigenvalue weighted by atomic mass is 16.1. The van der Waals surface area contributed by atoms with Gasteiger partial charge in [0.15, 0.2) is 0 Å². The molecule has 0 saturated carbocycles. The van der Waals surface area contributed by atoms with Crippen molar-refractivity contribution in [1.82, 2.24) is 10.3 Å². The maximum Gasteiger partial charge on any atom is 0.253 e. The topological polar surface area (TPSA) is 62.0 Å². The van der Waals surface area contributed by atoms with Crippen LogP contribution in [-0.2, 0) is 6.42 Å². The molecule has 1 aromatic carbocycles. The lowest BCUT2D eigenvalue weighted by molar-refractivity contribution is 0.0942. The average molecular weight is 312 g/mol. The van der Waals surface area contributed by atoms with Gasteiger partial charge in [0.05, 0.1) is 5.56 Å². The van der Waals surface area contributed by atoms with Gasteiger partial charge in [0.25, 0.3) is 5.91 Å². The van der Waals surface area contributed by atoms with Crippen molar-refractivity contribution in [2.24, 2.45) is 11.8 Å². The van der Waals surface area contributed by atoms with Gasteiger partial charge in [0.2, 0.25) is 5.56 Å². The summed E-state index contributed by atoms with van der Waals surface area (Å²) in [4.78, 5) is 26.1. The number of carbonyl (C=O) groups excluding carboxylic acids is 1. The Morgan fingerprint density at radius 1 is 1.22 bits per heavy atom. The minimum Gasteiger partial charge on any atom is -0.352 e. The van der Waals surface area contributed by atoms with E-state index in [0.717, 1.165) is 6.42 Å². The summed E-state index contributed by atoms with van der Waals surface area (Å²) in [6, 6.07) is 11.8. The van der Waals surface area contributed by atoms with Crippen LogP contribution in [-0.4, -0.2) is 17.4 Å². The lowest BCUT2D eigenvalue weighted by Gasteiger charge is -2.21. The summed E-state index contributed by atoms with van der Waals surface area (Å²) in [5.74, 6) is 0.689. The van der Waals surface area contributed by atoms with Crippen molar-refractivity contribution in [3.05, 3.63) is 69.6 Å². The Labute approximate surface area is 137 Å². The standard InChI is InChI=1S/C19H24N2O2/c1-13(2)16(10-15-7-5-4-6-8-15)11-21-19(23)17-12-20-18(22)9-14(17)3/h4-9,12-13,16H,10-11H2,1-3H3,(H,20,22)(H,21,23)/t16-/m0/s1. The summed E-state index contributed by atoms with van der Waals surface area (Å²) in [6.07, 6.45) is 2.41. The predicted molar refractivity (Wildman–Crippen MR) is 92.6 cm³/mol. The Hall–Kier alpha value is -2.36. The third kappa shape index (κ3) is 4.81. The summed E-state index contributed by atoms with van der Waals surface area (Å²) in [7, 11) is 0. The largest absolute Gasteiger partial charge is 0.352 e. The van der Waals surface area contributed by atoms with Crippen molar-refractivity contribution in [2.75, 3.05) is 6.54 Å². The molecule has 0 radical (unpaired) electrons. The van der Waals surface area contributed by atoms with Crippen molar-refractivity contribution < 1.29 is 4.79 Å². The normalized spacial score (nSPS) is 12.2. The first-order valence-electron chi connectivity index (χ1n) is 7.99. The van der Waals surface area contributed by atoms with Gasteiger partial charge in [-0.05, 0) is 36.3 Å². The lowest BCUT2D eigenvalue weighted by atomic mass is 9.89. The number of pyridine rings is 1. The Bertz CT molecular complexity index is 705. The van der Waals surface area contributed by atoms with Crippen molar-refractivity contribution >= 4 is 5.91 Å². The van der Waals surface area contributed by atoms with Gasteiger partial charge >= 0.3 is 0 Å². The molecule has 2 N–H and O–H groups in total. The van der Waals surface area contributed by atoms with Gasteiger partial charge in [-0.25, -0.2) is 0 Å². The van der Waals surface area contributed by atoms with Crippen LogP contribution in [0.15, 0.2) is 47.4 Å². The molecule has 122 valence electrons. The minimum absolute atomic E-state index is 0.141. The number of hydrogen-bond donors (Lipinski definition) is 2. The van der Waals surface area contributed by atoms with Crippen LogP contribution < -0.4 is 10.9 Å². The van der Waals surface area contributed by atoms with Gasteiger partial charge in [-0.1, -0.05) is 44.2 Å². The summed E-state index contributed by atoms with van der Waals surface area (Å²) in [6.45, 7) is 6.73. The van der Waals surface area contributed by atoms with Gasteiger partial charge in [0.1, 0.15) is 0 Å². The minimum atomic E-state index is -0.191. The lowest BCUT2D eigenvalue weighted by Crippen LogP contribution is -2.33. The van der Waals surface area contributed by atoms with Crippen LogP contribution in [0.2, 0.25) is 0 Å². The SMILES string of the molecule is Cc1cc(=O)[nH]cc1C(=O)NC[C@H](Cc1ccccc1)C(C)C. The third-order valence-electron chi connectivity index (χ3n) is 4.18. The first-order chi connectivity index (χ1) is 11.0. The highest BCUT2D eigenvalue weighted by Crippen LogP contribution is 2.17. The summed E-state index contributed by atoms with van der Waals surface area (Å²) in [5, 5.41) is 3.00. The molecule has 2 rings (SSSR count). The number of aryl methyl sites for hydroxylation is 1. The first kappa shape index (κ1) is 17.0. The van der Waals surface area contributed by atoms with E-state index in [9.17, 15) is 9.59 Å². The zero-order valence-electron chi connectivity index (χ0n) is 13.9. The number of amides is 1. The Balaban J connectivity index is 2.01. The highest BCUT2D eigenvalue weighted by molar-refractivity contribution is 5.95. The number of aromatic amines is 1. The second-order valence-electron chi connectivity index (χ2n) is 6.30. The van der Waals surface area contributed by atoms with Crippen LogP contribution in [0, 0.1) is 18.8 Å². The maximum atomic E-state index is 12.3. The smallest absolute Gasteiger partial charge is 0.253 e. The molecule has 0 saturated heterocycles. The fourth-order valence-corrected chi connectivity index (χ4v) is 2.60. The molecule has 1 amide bonds. The Kier molecular flexibility index (Phi) is 5.74. The van der Waals surface area contributed by atoms with E-state index in [2.05, 4.69) is 36.3 Å². The molecule has 0 aliphatic rings. The molecule has 0 aliphatic carbocycles. The molecule has 0 fully saturated rings. The van der Waals surface area contributed by atoms with Crippen molar-refractivity contribution in [2.45, 2.75) is 27.2 Å². The maximum absolute atomic E-state index is 12.3. The van der Waals surface area contributed by atoms with Crippen LogP contribution in [0.5, 0.6) is 0 Å². The fraction of sp³-hybridized carbons (Fsp3) is 0.368. The van der Waals surface area contributed by atoms with E-state index in [0.29, 0.717) is 29.5 Å². The van der Waals surface area contributed by atoms with E-state index < -0.39 is 0 Å². The monoisotopic (exact) mass is 312 g/mol. The second-order valence-corrected chi connectivity index (χ2v) is 6.30. The van der Waals surface area contributed by atoms with Crippen LogP contribution in [0.4, 0.5) is 0 Å². The Morgan fingerprint density at radius 2 is 1.91 bits per heavy atom. The third-order valence-corrected chi connectivity index (χ3v) is 4.18. The molecule has 0 bridgehead atoms. The number of H-pyrrole nitrogens is 1. The van der Waals surface area contributed by atoms with E-state index in [1.807, 2.05) is 18.2 Å². The fourth-order valence-electron chi connectivity index (χ4n) is 2.60. The van der Waals surface area contributed by atoms with E-state index in [1.165, 1.54) is 17.8 Å². The molecule has 2 aromatic rings. The molecular formula is C19H24N2O2. The number of carbonyl (C=O) groups is 1. The molecule has 1 aromatic heterocycles. The number of aromatic nitrogens is 1. The van der Waals surface area contributed by atoms with E-state index >= 15 is 0 Å². The van der Waals surface area contributed by atoms with Crippen molar-refractivity contribution in [1.29, 1.82) is 0 Å². The highest BCUT2D eigenvalue weighted by Gasteiger charge is 2.17. The number of benzene rings is 1. The van der Waals surface area contributed by atoms with E-state index in [4.69, 9.17) is 0 Å². The summed E-state index contributed by atoms with van der Waals surface area (Å²) < 4.78 is 0. The predicted octanol–water partition coefficient (Wildman–Crippen LogP) is 2.93. The molecule has 1 heterocycles. The quantitative estimate of drug-likeness (QED) is 0.861. The molecular weight excluding hydrogens is 288 g/mol. The average Bonchev–Trinajstić information content (AvgIpc) is 2.51. The van der Waals surface area contributed by atoms with Crippen molar-refractivity contribution in [3.8, 4) is 0 Å². The Morgan fingerprint density at radius 3 is 2.52 bits per heavy atom. The molecule has 1 atom stereocenters. The number of nitrogens with one attached hydrogen (secondary N) is 2. The van der Waals surface area contributed by atoms with Crippen LogP contribution in [0.3, 0.4) is 0 Å². The molecule has 23 heavy (non-hydrogen) atoms. The van der Waals surface area contributed by atoms with Gasteiger partial charge in [-0.3, -0.25) is 9.59 Å². The van der Waals surface area contributed by atoms with Gasteiger partial charge < -0.3 is 10.3 Å². The van der Waals surface area contributed by atoms with Crippen LogP contribution in [0.25, 0.3) is 0 Å². The first-order valence-corrected chi connectivity index (χ1v) is 7.99. The second kappa shape index (κ2) is 7.77. The number of hydrogen-bond acceptors (Lipinski definition) is 2. The van der Waals surface area contributed by atoms with Gasteiger partial charge in [-0.2, -0.15) is 0 Å². The van der Waals surface area contributed by atoms with Crippen LogP contribution in [0.1, 0.15) is 35.3 Å². The summed E-state index contributed by atoms with van der Waals surface area (Å²) in [5.41, 5.74) is 2.30. The zero-order chi connectivity index (χ0) is 16.8. The van der Waals surface area contributed by atoms with Gasteiger partial charge in [-0.15, -0.1) is 0 Å². The molecule has 4 nitrogen and oxygen atoms in total. The molecule has 0 aliphatic heterocycles. The molecule has 0 spiro atoms. The van der Waals surface area contributed by atoms with Gasteiger partial charge in [0, 0.05) is 18.8 Å². The van der Waals surface area contributed by atoms with Crippen molar-refractivity contribution in [3.63, 3.8) is 0 Å². The molecule has 0 unspecified atom stereocenters. The van der Waals surface area contributed by atoms with Crippen LogP contribution >= 0.6 is 0 Å². The summed E-state index contributed by atoms with van der Waals surface area (Å²) >= 11 is 0.